The normalized spacial score (nSPS) is 16.1. The smallest absolute Gasteiger partial charge is 0.331 e. The number of esters is 2. The average molecular weight is 296 g/mol. The Labute approximate surface area is 117 Å². The van der Waals surface area contributed by atoms with E-state index in [1.165, 1.54) is 7.11 Å². The van der Waals surface area contributed by atoms with E-state index < -0.39 is 11.9 Å². The summed E-state index contributed by atoms with van der Waals surface area (Å²) in [7, 11) is 1.26. The molecule has 1 heterocycles. The summed E-state index contributed by atoms with van der Waals surface area (Å²) in [6, 6.07) is 0. The molecule has 0 aromatic heterocycles. The molecule has 1 saturated heterocycles. The number of hydrogen-bond donors (Lipinski definition) is 0. The highest BCUT2D eigenvalue weighted by Gasteiger charge is 2.10. The summed E-state index contributed by atoms with van der Waals surface area (Å²) in [5.74, 6) is 1.20. The van der Waals surface area contributed by atoms with Crippen molar-refractivity contribution < 1.29 is 19.1 Å². The van der Waals surface area contributed by atoms with Crippen LogP contribution in [-0.4, -0.2) is 61.7 Å². The van der Waals surface area contributed by atoms with Crippen LogP contribution in [0.4, 0.5) is 0 Å². The molecule has 1 aliphatic rings. The summed E-state index contributed by atoms with van der Waals surface area (Å²) in [4.78, 5) is 24.1. The Hall–Kier alpha value is -0.720. The summed E-state index contributed by atoms with van der Waals surface area (Å²) in [5.41, 5.74) is 0. The van der Waals surface area contributed by atoms with Crippen molar-refractivity contribution in [3.8, 4) is 0 Å². The third kappa shape index (κ3) is 7.58. The molecule has 1 rings (SSSR count). The summed E-state index contributed by atoms with van der Waals surface area (Å²) in [6.07, 6.45) is 2.14. The molecule has 5 nitrogen and oxygen atoms in total. The number of rotatable bonds is 5. The van der Waals surface area contributed by atoms with E-state index in [1.54, 1.807) is 0 Å². The molecule has 0 aromatic rings. The van der Waals surface area contributed by atoms with Gasteiger partial charge in [-0.05, 0) is 0 Å². The van der Waals surface area contributed by atoms with Crippen LogP contribution in [0.25, 0.3) is 0 Å². The first-order chi connectivity index (χ1) is 8.22. The Bertz CT molecular complexity index is 293. The highest BCUT2D eigenvalue weighted by molar-refractivity contribution is 7.99. The topological polar surface area (TPSA) is 55.8 Å². The number of ether oxygens (including phenoxy) is 2. The van der Waals surface area contributed by atoms with Crippen LogP contribution in [0.2, 0.25) is 0 Å². The molecule has 0 atom stereocenters. The third-order valence-electron chi connectivity index (χ3n) is 2.31. The molecule has 0 aromatic carbocycles. The van der Waals surface area contributed by atoms with Crippen molar-refractivity contribution in [2.75, 3.05) is 44.9 Å². The molecule has 0 aliphatic carbocycles. The Morgan fingerprint density at radius 3 is 2.44 bits per heavy atom. The molecule has 0 N–H and O–H groups in total. The van der Waals surface area contributed by atoms with Crippen molar-refractivity contribution in [3.63, 3.8) is 0 Å². The predicted octanol–water partition coefficient (Wildman–Crippen LogP) is 0.729. The van der Waals surface area contributed by atoms with Crippen molar-refractivity contribution in [3.05, 3.63) is 12.2 Å². The Kier molecular flexibility index (Phi) is 9.82. The van der Waals surface area contributed by atoms with Crippen LogP contribution in [0.5, 0.6) is 0 Å². The van der Waals surface area contributed by atoms with Crippen molar-refractivity contribution in [2.45, 2.75) is 0 Å². The summed E-state index contributed by atoms with van der Waals surface area (Å²) < 4.78 is 9.31. The first-order valence-electron chi connectivity index (χ1n) is 5.45. The SMILES string of the molecule is COC(=O)C=CC(=O)OCCN1CCSCC1.Cl. The summed E-state index contributed by atoms with van der Waals surface area (Å²) in [5, 5.41) is 0. The molecule has 1 fully saturated rings. The fourth-order valence-corrected chi connectivity index (χ4v) is 2.33. The van der Waals surface area contributed by atoms with Gasteiger partial charge < -0.3 is 9.47 Å². The van der Waals surface area contributed by atoms with Gasteiger partial charge in [-0.15, -0.1) is 12.4 Å². The van der Waals surface area contributed by atoms with Crippen LogP contribution in [0.3, 0.4) is 0 Å². The maximum Gasteiger partial charge on any atom is 0.331 e. The molecule has 1 aliphatic heterocycles. The molecular weight excluding hydrogens is 278 g/mol. The molecule has 0 amide bonds. The van der Waals surface area contributed by atoms with Crippen molar-refractivity contribution in [1.29, 1.82) is 0 Å². The zero-order valence-corrected chi connectivity index (χ0v) is 11.9. The van der Waals surface area contributed by atoms with Gasteiger partial charge in [-0.1, -0.05) is 0 Å². The fourth-order valence-electron chi connectivity index (χ4n) is 1.35. The number of halogens is 1. The second-order valence-corrected chi connectivity index (χ2v) is 4.70. The largest absolute Gasteiger partial charge is 0.466 e. The maximum atomic E-state index is 11.2. The zero-order chi connectivity index (χ0) is 12.5. The van der Waals surface area contributed by atoms with E-state index in [-0.39, 0.29) is 12.4 Å². The van der Waals surface area contributed by atoms with Crippen LogP contribution in [0.1, 0.15) is 0 Å². The molecule has 0 spiro atoms. The van der Waals surface area contributed by atoms with Crippen LogP contribution in [0, 0.1) is 0 Å². The molecule has 7 heteroatoms. The number of carbonyl (C=O) groups is 2. The van der Waals surface area contributed by atoms with Crippen LogP contribution >= 0.6 is 24.2 Å². The standard InChI is InChI=1S/C11H17NO4S.ClH/c1-15-10(13)2-3-11(14)16-7-4-12-5-8-17-9-6-12;/h2-3H,4-9H2,1H3;1H. The monoisotopic (exact) mass is 295 g/mol. The van der Waals surface area contributed by atoms with E-state index in [1.807, 2.05) is 11.8 Å². The molecule has 0 unspecified atom stereocenters. The predicted molar refractivity (Wildman–Crippen MR) is 73.1 cm³/mol. The van der Waals surface area contributed by atoms with E-state index in [0.717, 1.165) is 43.3 Å². The maximum absolute atomic E-state index is 11.2. The van der Waals surface area contributed by atoms with E-state index in [9.17, 15) is 9.59 Å². The Balaban J connectivity index is 0.00000289. The molecule has 0 saturated carbocycles. The number of hydrogen-bond acceptors (Lipinski definition) is 6. The fraction of sp³-hybridized carbons (Fsp3) is 0.636. The Morgan fingerprint density at radius 2 is 1.83 bits per heavy atom. The zero-order valence-electron chi connectivity index (χ0n) is 10.3. The van der Waals surface area contributed by atoms with E-state index in [2.05, 4.69) is 9.64 Å². The van der Waals surface area contributed by atoms with Gasteiger partial charge in [-0.3, -0.25) is 4.90 Å². The quantitative estimate of drug-likeness (QED) is 0.550. The second-order valence-electron chi connectivity index (χ2n) is 3.48. The minimum atomic E-state index is -0.560. The lowest BCUT2D eigenvalue weighted by atomic mass is 10.4. The van der Waals surface area contributed by atoms with Crippen molar-refractivity contribution >= 4 is 36.1 Å². The van der Waals surface area contributed by atoms with E-state index in [0.29, 0.717) is 6.61 Å². The van der Waals surface area contributed by atoms with Gasteiger partial charge >= 0.3 is 11.9 Å². The molecule has 104 valence electrons. The van der Waals surface area contributed by atoms with Crippen LogP contribution in [-0.2, 0) is 19.1 Å². The van der Waals surface area contributed by atoms with Gasteiger partial charge in [0.15, 0.2) is 0 Å². The summed E-state index contributed by atoms with van der Waals surface area (Å²) in [6.45, 7) is 3.19. The Morgan fingerprint density at radius 1 is 1.22 bits per heavy atom. The van der Waals surface area contributed by atoms with Gasteiger partial charge in [-0.2, -0.15) is 11.8 Å². The molecule has 0 radical (unpaired) electrons. The number of thioether (sulfide) groups is 1. The second kappa shape index (κ2) is 10.2. The minimum Gasteiger partial charge on any atom is -0.466 e. The van der Waals surface area contributed by atoms with Crippen molar-refractivity contribution in [2.24, 2.45) is 0 Å². The van der Waals surface area contributed by atoms with E-state index in [4.69, 9.17) is 4.74 Å². The lowest BCUT2D eigenvalue weighted by Gasteiger charge is -2.25. The van der Waals surface area contributed by atoms with E-state index >= 15 is 0 Å². The van der Waals surface area contributed by atoms with Gasteiger partial charge in [0.05, 0.1) is 7.11 Å². The third-order valence-corrected chi connectivity index (χ3v) is 3.25. The molecule has 18 heavy (non-hydrogen) atoms. The van der Waals surface area contributed by atoms with Gasteiger partial charge in [-0.25, -0.2) is 9.59 Å². The number of carbonyl (C=O) groups excluding carboxylic acids is 2. The van der Waals surface area contributed by atoms with Crippen LogP contribution in [0.15, 0.2) is 12.2 Å². The summed E-state index contributed by atoms with van der Waals surface area (Å²) >= 11 is 1.94. The van der Waals surface area contributed by atoms with Gasteiger partial charge in [0.1, 0.15) is 6.61 Å². The first-order valence-corrected chi connectivity index (χ1v) is 6.60. The lowest BCUT2D eigenvalue weighted by molar-refractivity contribution is -0.139. The number of methoxy groups -OCH3 is 1. The highest BCUT2D eigenvalue weighted by atomic mass is 35.5. The average Bonchev–Trinajstić information content (AvgIpc) is 2.37. The lowest BCUT2D eigenvalue weighted by Crippen LogP contribution is -2.35. The highest BCUT2D eigenvalue weighted by Crippen LogP contribution is 2.08. The van der Waals surface area contributed by atoms with Gasteiger partial charge in [0.2, 0.25) is 0 Å². The van der Waals surface area contributed by atoms with Crippen molar-refractivity contribution in [1.82, 2.24) is 4.90 Å². The minimum absolute atomic E-state index is 0. The number of nitrogens with zero attached hydrogens (tertiary/aromatic N) is 1. The van der Waals surface area contributed by atoms with Gasteiger partial charge in [0, 0.05) is 43.3 Å². The van der Waals surface area contributed by atoms with Crippen LogP contribution < -0.4 is 0 Å². The molecule has 0 bridgehead atoms. The van der Waals surface area contributed by atoms with Gasteiger partial charge in [0.25, 0.3) is 0 Å². The molecular formula is C11H18ClNO4S. The first kappa shape index (κ1) is 17.3.